The van der Waals surface area contributed by atoms with Gasteiger partial charge in [0.05, 0.1) is 0 Å². The van der Waals surface area contributed by atoms with E-state index in [1.54, 1.807) is 0 Å². The van der Waals surface area contributed by atoms with Gasteiger partial charge < -0.3 is 9.64 Å². The van der Waals surface area contributed by atoms with Crippen LogP contribution in [0.25, 0.3) is 0 Å². The summed E-state index contributed by atoms with van der Waals surface area (Å²) in [4.78, 5) is 14.3. The fraction of sp³-hybridized carbons (Fsp3) is 0.906. The number of esters is 1. The smallest absolute Gasteiger partial charge is 0.306 e. The lowest BCUT2D eigenvalue weighted by Crippen LogP contribution is -2.17. The molecule has 0 aliphatic carbocycles. The summed E-state index contributed by atoms with van der Waals surface area (Å²) in [6.07, 6.45) is 32.5. The van der Waals surface area contributed by atoms with Gasteiger partial charge in [-0.15, -0.1) is 0 Å². The molecule has 0 aromatic heterocycles. The standard InChI is InChI=1S/C32H63NO2/c1-5-7-9-11-13-14-15-16-18-20-24-30-35-32(34)27-23-22-26-31(28-29-33(3)4)25-21-19-17-12-10-8-6-2/h20,24,31H,5-19,21-23,25-30H2,1-4H3/b24-20-. The van der Waals surface area contributed by atoms with Gasteiger partial charge in [-0.3, -0.25) is 4.79 Å². The largest absolute Gasteiger partial charge is 0.461 e. The van der Waals surface area contributed by atoms with Crippen molar-refractivity contribution in [2.75, 3.05) is 27.2 Å². The highest BCUT2D eigenvalue weighted by Gasteiger charge is 2.10. The molecule has 3 nitrogen and oxygen atoms in total. The number of carbonyl (C=O) groups excluding carboxylic acids is 1. The van der Waals surface area contributed by atoms with Crippen molar-refractivity contribution in [3.63, 3.8) is 0 Å². The van der Waals surface area contributed by atoms with Crippen LogP contribution in [0.5, 0.6) is 0 Å². The third-order valence-electron chi connectivity index (χ3n) is 7.18. The molecule has 0 rings (SSSR count). The average molecular weight is 494 g/mol. The van der Waals surface area contributed by atoms with Crippen molar-refractivity contribution in [3.05, 3.63) is 12.2 Å². The molecule has 0 radical (unpaired) electrons. The van der Waals surface area contributed by atoms with Crippen LogP contribution in [0.3, 0.4) is 0 Å². The number of nitrogens with zero attached hydrogens (tertiary/aromatic N) is 1. The molecule has 0 heterocycles. The van der Waals surface area contributed by atoms with Crippen LogP contribution < -0.4 is 0 Å². The minimum atomic E-state index is -0.0290. The Hall–Kier alpha value is -0.830. The lowest BCUT2D eigenvalue weighted by Gasteiger charge is -2.19. The second-order valence-corrected chi connectivity index (χ2v) is 11.0. The van der Waals surface area contributed by atoms with Gasteiger partial charge in [0, 0.05) is 6.42 Å². The minimum absolute atomic E-state index is 0.0290. The van der Waals surface area contributed by atoms with Gasteiger partial charge in [0.25, 0.3) is 0 Å². The van der Waals surface area contributed by atoms with Gasteiger partial charge in [-0.1, -0.05) is 135 Å². The Kier molecular flexibility index (Phi) is 27.1. The molecule has 0 aromatic rings. The fourth-order valence-electron chi connectivity index (χ4n) is 4.76. The molecule has 0 spiro atoms. The van der Waals surface area contributed by atoms with Gasteiger partial charge in [0.1, 0.15) is 6.61 Å². The molecule has 0 aliphatic heterocycles. The summed E-state index contributed by atoms with van der Waals surface area (Å²) in [6, 6.07) is 0. The van der Waals surface area contributed by atoms with Gasteiger partial charge >= 0.3 is 5.97 Å². The monoisotopic (exact) mass is 493 g/mol. The molecule has 0 saturated carbocycles. The van der Waals surface area contributed by atoms with E-state index in [2.05, 4.69) is 38.9 Å². The van der Waals surface area contributed by atoms with Crippen molar-refractivity contribution >= 4 is 5.97 Å². The Morgan fingerprint density at radius 1 is 0.657 bits per heavy atom. The Balaban J connectivity index is 3.74. The molecule has 3 heteroatoms. The summed E-state index contributed by atoms with van der Waals surface area (Å²) in [7, 11) is 4.34. The molecule has 0 saturated heterocycles. The topological polar surface area (TPSA) is 29.5 Å². The number of hydrogen-bond donors (Lipinski definition) is 0. The van der Waals surface area contributed by atoms with Crippen LogP contribution in [0.15, 0.2) is 12.2 Å². The van der Waals surface area contributed by atoms with E-state index in [-0.39, 0.29) is 5.97 Å². The number of allylic oxidation sites excluding steroid dienone is 1. The van der Waals surface area contributed by atoms with Crippen LogP contribution in [0.2, 0.25) is 0 Å². The lowest BCUT2D eigenvalue weighted by atomic mass is 9.91. The van der Waals surface area contributed by atoms with Crippen LogP contribution in [0.1, 0.15) is 155 Å². The van der Waals surface area contributed by atoms with E-state index in [0.29, 0.717) is 13.0 Å². The van der Waals surface area contributed by atoms with Crippen molar-refractivity contribution < 1.29 is 9.53 Å². The van der Waals surface area contributed by atoms with Gasteiger partial charge in [-0.25, -0.2) is 0 Å². The summed E-state index contributed by atoms with van der Waals surface area (Å²) in [5.74, 6) is 0.780. The second-order valence-electron chi connectivity index (χ2n) is 11.0. The number of carbonyl (C=O) groups is 1. The normalized spacial score (nSPS) is 12.6. The van der Waals surface area contributed by atoms with Crippen molar-refractivity contribution in [1.82, 2.24) is 4.90 Å². The van der Waals surface area contributed by atoms with Crippen molar-refractivity contribution in [2.24, 2.45) is 5.92 Å². The summed E-state index contributed by atoms with van der Waals surface area (Å²) in [5.41, 5.74) is 0. The minimum Gasteiger partial charge on any atom is -0.461 e. The Bertz CT molecular complexity index is 460. The molecule has 0 bridgehead atoms. The highest BCUT2D eigenvalue weighted by molar-refractivity contribution is 5.69. The SMILES string of the molecule is CCCCCCCCCC/C=C\COC(=O)CCCCC(CCCCCCCCC)CCN(C)C. The van der Waals surface area contributed by atoms with Gasteiger partial charge in [-0.2, -0.15) is 0 Å². The first-order chi connectivity index (χ1) is 17.1. The van der Waals surface area contributed by atoms with E-state index >= 15 is 0 Å². The third-order valence-corrected chi connectivity index (χ3v) is 7.18. The Labute approximate surface area is 220 Å². The number of rotatable bonds is 27. The van der Waals surface area contributed by atoms with Crippen molar-refractivity contribution in [2.45, 2.75) is 155 Å². The van der Waals surface area contributed by atoms with Crippen molar-refractivity contribution in [1.29, 1.82) is 0 Å². The van der Waals surface area contributed by atoms with Crippen LogP contribution in [-0.2, 0) is 9.53 Å². The molecule has 1 atom stereocenters. The molecular weight excluding hydrogens is 430 g/mol. The second kappa shape index (κ2) is 27.8. The first-order valence-corrected chi connectivity index (χ1v) is 15.5. The predicted octanol–water partition coefficient (Wildman–Crippen LogP) is 9.89. The fourth-order valence-corrected chi connectivity index (χ4v) is 4.76. The summed E-state index contributed by atoms with van der Waals surface area (Å²) < 4.78 is 5.40. The molecule has 0 aromatic carbocycles. The maximum Gasteiger partial charge on any atom is 0.306 e. The molecule has 35 heavy (non-hydrogen) atoms. The molecular formula is C32H63NO2. The van der Waals surface area contributed by atoms with Crippen LogP contribution in [0.4, 0.5) is 0 Å². The van der Waals surface area contributed by atoms with E-state index in [0.717, 1.165) is 25.2 Å². The highest BCUT2D eigenvalue weighted by atomic mass is 16.5. The predicted molar refractivity (Wildman–Crippen MR) is 155 cm³/mol. The Morgan fingerprint density at radius 3 is 1.74 bits per heavy atom. The van der Waals surface area contributed by atoms with E-state index in [1.807, 2.05) is 6.08 Å². The van der Waals surface area contributed by atoms with Gasteiger partial charge in [0.15, 0.2) is 0 Å². The zero-order chi connectivity index (χ0) is 25.8. The number of hydrogen-bond acceptors (Lipinski definition) is 3. The lowest BCUT2D eigenvalue weighted by molar-refractivity contribution is -0.142. The van der Waals surface area contributed by atoms with Crippen molar-refractivity contribution in [3.8, 4) is 0 Å². The number of unbranched alkanes of at least 4 members (excludes halogenated alkanes) is 15. The van der Waals surface area contributed by atoms with E-state index in [1.165, 1.54) is 122 Å². The van der Waals surface area contributed by atoms with E-state index in [4.69, 9.17) is 4.74 Å². The van der Waals surface area contributed by atoms with Crippen LogP contribution in [0, 0.1) is 5.92 Å². The zero-order valence-electron chi connectivity index (χ0n) is 24.5. The third kappa shape index (κ3) is 27.6. The first-order valence-electron chi connectivity index (χ1n) is 15.5. The zero-order valence-corrected chi connectivity index (χ0v) is 24.5. The average Bonchev–Trinajstić information content (AvgIpc) is 2.84. The van der Waals surface area contributed by atoms with Crippen LogP contribution >= 0.6 is 0 Å². The van der Waals surface area contributed by atoms with Gasteiger partial charge in [-0.05, 0) is 52.2 Å². The molecule has 208 valence electrons. The number of ether oxygens (including phenoxy) is 1. The molecule has 0 fully saturated rings. The van der Waals surface area contributed by atoms with Crippen LogP contribution in [-0.4, -0.2) is 38.1 Å². The summed E-state index contributed by atoms with van der Waals surface area (Å²) in [5, 5.41) is 0. The maximum absolute atomic E-state index is 12.0. The molecule has 0 amide bonds. The van der Waals surface area contributed by atoms with E-state index in [9.17, 15) is 4.79 Å². The first kappa shape index (κ1) is 34.2. The molecule has 0 N–H and O–H groups in total. The van der Waals surface area contributed by atoms with E-state index < -0.39 is 0 Å². The summed E-state index contributed by atoms with van der Waals surface area (Å²) >= 11 is 0. The molecule has 0 aliphatic rings. The highest BCUT2D eigenvalue weighted by Crippen LogP contribution is 2.22. The quantitative estimate of drug-likeness (QED) is 0.0647. The summed E-state index contributed by atoms with van der Waals surface area (Å²) in [6.45, 7) is 6.17. The molecule has 1 unspecified atom stereocenters. The van der Waals surface area contributed by atoms with Gasteiger partial charge in [0.2, 0.25) is 0 Å². The Morgan fingerprint density at radius 2 is 1.17 bits per heavy atom. The maximum atomic E-state index is 12.0.